The van der Waals surface area contributed by atoms with E-state index < -0.39 is 0 Å². The summed E-state index contributed by atoms with van der Waals surface area (Å²) in [6.07, 6.45) is 1.20. The van der Waals surface area contributed by atoms with E-state index in [1.54, 1.807) is 18.4 Å². The Morgan fingerprint density at radius 2 is 2.45 bits per heavy atom. The number of piperidine rings is 1. The van der Waals surface area contributed by atoms with E-state index in [4.69, 9.17) is 9.47 Å². The van der Waals surface area contributed by atoms with Crippen LogP contribution in [0.5, 0.6) is 0 Å². The fourth-order valence-corrected chi connectivity index (χ4v) is 4.24. The van der Waals surface area contributed by atoms with Gasteiger partial charge in [-0.3, -0.25) is 9.69 Å². The number of amides is 1. The van der Waals surface area contributed by atoms with Crippen molar-refractivity contribution >= 4 is 17.2 Å². The van der Waals surface area contributed by atoms with Gasteiger partial charge in [-0.25, -0.2) is 0 Å². The lowest BCUT2D eigenvalue weighted by atomic mass is 9.82. The number of fused-ring (bicyclic) bond motifs is 1. The Morgan fingerprint density at radius 3 is 3.23 bits per heavy atom. The van der Waals surface area contributed by atoms with Crippen LogP contribution < -0.4 is 5.32 Å². The molecule has 0 saturated carbocycles. The number of methoxy groups -OCH3 is 1. The molecule has 1 amide bonds. The summed E-state index contributed by atoms with van der Waals surface area (Å²) in [6, 6.07) is 4.23. The van der Waals surface area contributed by atoms with Crippen LogP contribution in [-0.2, 0) is 20.8 Å². The molecule has 1 aromatic rings. The molecule has 6 heteroatoms. The summed E-state index contributed by atoms with van der Waals surface area (Å²) in [4.78, 5) is 16.2. The maximum atomic E-state index is 12.5. The number of nitrogens with zero attached hydrogens (tertiary/aromatic N) is 1. The molecule has 1 N–H and O–H groups in total. The summed E-state index contributed by atoms with van der Waals surface area (Å²) in [5, 5.41) is 5.10. The van der Waals surface area contributed by atoms with Gasteiger partial charge in [-0.05, 0) is 17.9 Å². The highest BCUT2D eigenvalue weighted by Crippen LogP contribution is 2.34. The van der Waals surface area contributed by atoms with Crippen LogP contribution in [0.1, 0.15) is 11.3 Å². The molecule has 22 heavy (non-hydrogen) atoms. The third-order valence-corrected chi connectivity index (χ3v) is 5.43. The molecule has 2 aliphatic heterocycles. The second-order valence-corrected chi connectivity index (χ2v) is 7.06. The quantitative estimate of drug-likeness (QED) is 0.803. The molecule has 1 aromatic heterocycles. The molecule has 0 aromatic carbocycles. The van der Waals surface area contributed by atoms with Crippen LogP contribution >= 0.6 is 11.3 Å². The largest absolute Gasteiger partial charge is 0.383 e. The van der Waals surface area contributed by atoms with Gasteiger partial charge in [-0.2, -0.15) is 0 Å². The average Bonchev–Trinajstić information content (AvgIpc) is 3.17. The summed E-state index contributed by atoms with van der Waals surface area (Å²) >= 11 is 1.77. The van der Waals surface area contributed by atoms with Crippen LogP contribution in [0.15, 0.2) is 17.5 Å². The van der Waals surface area contributed by atoms with Crippen molar-refractivity contribution in [2.24, 2.45) is 11.8 Å². The first-order valence-electron chi connectivity index (χ1n) is 7.91. The Morgan fingerprint density at radius 1 is 1.55 bits per heavy atom. The molecule has 0 bridgehead atoms. The number of hydrogen-bond donors (Lipinski definition) is 1. The summed E-state index contributed by atoms with van der Waals surface area (Å²) in [5.74, 6) is 0.536. The predicted molar refractivity (Wildman–Crippen MR) is 85.8 cm³/mol. The van der Waals surface area contributed by atoms with Gasteiger partial charge >= 0.3 is 0 Å². The second kappa shape index (κ2) is 7.55. The number of nitrogens with one attached hydrogen (secondary N) is 1. The molecular weight excluding hydrogens is 300 g/mol. The minimum Gasteiger partial charge on any atom is -0.383 e. The lowest BCUT2D eigenvalue weighted by Crippen LogP contribution is -2.52. The average molecular weight is 324 g/mol. The van der Waals surface area contributed by atoms with Gasteiger partial charge in [-0.15, -0.1) is 11.3 Å². The third kappa shape index (κ3) is 3.68. The number of likely N-dealkylation sites (tertiary alicyclic amines) is 1. The van der Waals surface area contributed by atoms with Crippen molar-refractivity contribution in [2.75, 3.05) is 40.0 Å². The van der Waals surface area contributed by atoms with Crippen LogP contribution in [0, 0.1) is 11.8 Å². The molecule has 0 spiro atoms. The smallest absolute Gasteiger partial charge is 0.224 e. The zero-order valence-electron chi connectivity index (χ0n) is 13.0. The van der Waals surface area contributed by atoms with Crippen LogP contribution in [0.3, 0.4) is 0 Å². The highest BCUT2D eigenvalue weighted by molar-refractivity contribution is 7.09. The minimum absolute atomic E-state index is 0.0260. The van der Waals surface area contributed by atoms with E-state index in [1.807, 2.05) is 0 Å². The monoisotopic (exact) mass is 324 g/mol. The molecule has 122 valence electrons. The number of thiophene rings is 1. The number of carbonyl (C=O) groups is 1. The zero-order valence-corrected chi connectivity index (χ0v) is 13.8. The van der Waals surface area contributed by atoms with Crippen LogP contribution in [0.4, 0.5) is 0 Å². The zero-order chi connectivity index (χ0) is 15.4. The van der Waals surface area contributed by atoms with E-state index >= 15 is 0 Å². The Labute approximate surface area is 135 Å². The van der Waals surface area contributed by atoms with Gasteiger partial charge in [0.1, 0.15) is 0 Å². The van der Waals surface area contributed by atoms with Crippen LogP contribution in [0.25, 0.3) is 0 Å². The third-order valence-electron chi connectivity index (χ3n) is 4.57. The van der Waals surface area contributed by atoms with E-state index in [0.29, 0.717) is 19.1 Å². The van der Waals surface area contributed by atoms with Crippen molar-refractivity contribution in [2.45, 2.75) is 19.1 Å². The number of rotatable bonds is 6. The molecule has 3 heterocycles. The van der Waals surface area contributed by atoms with Crippen LogP contribution in [0.2, 0.25) is 0 Å². The highest BCUT2D eigenvalue weighted by Gasteiger charge is 2.43. The van der Waals surface area contributed by atoms with Gasteiger partial charge in [-0.1, -0.05) is 6.07 Å². The molecule has 2 fully saturated rings. The molecular formula is C16H24N2O3S. The number of carbonyl (C=O) groups excluding carboxylic acids is 1. The second-order valence-electron chi connectivity index (χ2n) is 6.03. The maximum Gasteiger partial charge on any atom is 0.224 e. The molecule has 3 atom stereocenters. The normalized spacial score (nSPS) is 28.5. The Bertz CT molecular complexity index is 480. The fraction of sp³-hybridized carbons (Fsp3) is 0.688. The molecule has 5 nitrogen and oxygen atoms in total. The molecule has 0 radical (unpaired) electrons. The molecule has 2 aliphatic rings. The molecule has 2 saturated heterocycles. The number of ether oxygens (including phenoxy) is 2. The van der Waals surface area contributed by atoms with Crippen molar-refractivity contribution in [1.29, 1.82) is 0 Å². The van der Waals surface area contributed by atoms with E-state index in [9.17, 15) is 4.79 Å². The first-order chi connectivity index (χ1) is 10.8. The van der Waals surface area contributed by atoms with Crippen molar-refractivity contribution in [1.82, 2.24) is 10.2 Å². The molecule has 0 aliphatic carbocycles. The Balaban J connectivity index is 1.63. The van der Waals surface area contributed by atoms with Gasteiger partial charge in [0.05, 0.1) is 18.6 Å². The van der Waals surface area contributed by atoms with Crippen molar-refractivity contribution in [3.05, 3.63) is 22.4 Å². The van der Waals surface area contributed by atoms with E-state index in [1.165, 1.54) is 4.88 Å². The molecule has 0 unspecified atom stereocenters. The fourth-order valence-electron chi connectivity index (χ4n) is 3.49. The summed E-state index contributed by atoms with van der Waals surface area (Å²) < 4.78 is 10.9. The van der Waals surface area contributed by atoms with Gasteiger partial charge in [0.2, 0.25) is 5.91 Å². The first kappa shape index (κ1) is 15.9. The summed E-state index contributed by atoms with van der Waals surface area (Å²) in [7, 11) is 1.65. The van der Waals surface area contributed by atoms with E-state index in [2.05, 4.69) is 27.7 Å². The van der Waals surface area contributed by atoms with Gasteiger partial charge in [0.25, 0.3) is 0 Å². The van der Waals surface area contributed by atoms with Gasteiger partial charge in [0.15, 0.2) is 0 Å². The Kier molecular flexibility index (Phi) is 5.46. The SMILES string of the molecule is COCCNC(=O)[C@@H]1CN(Cc2cccs2)C[C@@H]2OCC[C@@H]21. The topological polar surface area (TPSA) is 50.8 Å². The van der Waals surface area contributed by atoms with Gasteiger partial charge in [0, 0.05) is 50.7 Å². The summed E-state index contributed by atoms with van der Waals surface area (Å²) in [6.45, 7) is 4.58. The van der Waals surface area contributed by atoms with Crippen molar-refractivity contribution < 1.29 is 14.3 Å². The lowest BCUT2D eigenvalue weighted by molar-refractivity contribution is -0.131. The first-order valence-corrected chi connectivity index (χ1v) is 8.79. The highest BCUT2D eigenvalue weighted by atomic mass is 32.1. The number of hydrogen-bond acceptors (Lipinski definition) is 5. The summed E-state index contributed by atoms with van der Waals surface area (Å²) in [5.41, 5.74) is 0. The molecule has 3 rings (SSSR count). The maximum absolute atomic E-state index is 12.5. The lowest BCUT2D eigenvalue weighted by Gasteiger charge is -2.39. The standard InChI is InChI=1S/C16H24N2O3S/c1-20-7-5-17-16(19)14-10-18(9-12-3-2-8-22-12)11-15-13(14)4-6-21-15/h2-3,8,13-15H,4-7,9-11H2,1H3,(H,17,19)/t13-,14-,15+/m1/s1. The Hall–Kier alpha value is -0.950. The van der Waals surface area contributed by atoms with Crippen molar-refractivity contribution in [3.63, 3.8) is 0 Å². The van der Waals surface area contributed by atoms with Gasteiger partial charge < -0.3 is 14.8 Å². The minimum atomic E-state index is 0.0260. The predicted octanol–water partition coefficient (Wildman–Crippen LogP) is 1.35. The van der Waals surface area contributed by atoms with Crippen LogP contribution in [-0.4, -0.2) is 56.9 Å². The van der Waals surface area contributed by atoms with E-state index in [-0.39, 0.29) is 17.9 Å². The van der Waals surface area contributed by atoms with E-state index in [0.717, 1.165) is 32.7 Å². The van der Waals surface area contributed by atoms with Crippen molar-refractivity contribution in [3.8, 4) is 0 Å².